The van der Waals surface area contributed by atoms with Gasteiger partial charge in [0.05, 0.1) is 25.5 Å². The maximum Gasteiger partial charge on any atom is 0.123 e. The molecule has 0 aliphatic heterocycles. The van der Waals surface area contributed by atoms with Gasteiger partial charge in [0.25, 0.3) is 0 Å². The number of aromatic nitrogens is 1. The third-order valence-corrected chi connectivity index (χ3v) is 4.25. The fourth-order valence-electron chi connectivity index (χ4n) is 2.91. The molecule has 3 aromatic rings. The average Bonchev–Trinajstić information content (AvgIpc) is 3.11. The van der Waals surface area contributed by atoms with Crippen molar-refractivity contribution in [3.05, 3.63) is 59.4 Å². The van der Waals surface area contributed by atoms with Crippen molar-refractivity contribution in [2.75, 3.05) is 6.54 Å². The van der Waals surface area contributed by atoms with Crippen LogP contribution in [-0.4, -0.2) is 22.3 Å². The molecule has 4 nitrogen and oxygen atoms in total. The van der Waals surface area contributed by atoms with E-state index in [1.54, 1.807) is 18.4 Å². The smallest absolute Gasteiger partial charge is 0.123 e. The van der Waals surface area contributed by atoms with E-state index in [0.717, 1.165) is 27.9 Å². The molecule has 3 rings (SSSR count). The lowest BCUT2D eigenvalue weighted by Crippen LogP contribution is -2.30. The van der Waals surface area contributed by atoms with Crippen LogP contribution in [-0.2, 0) is 13.1 Å². The van der Waals surface area contributed by atoms with Gasteiger partial charge in [-0.25, -0.2) is 4.39 Å². The van der Waals surface area contributed by atoms with Crippen LogP contribution in [0.15, 0.2) is 41.0 Å². The monoisotopic (exact) mass is 316 g/mol. The highest BCUT2D eigenvalue weighted by molar-refractivity contribution is 5.85. The number of aryl methyl sites for hydroxylation is 1. The van der Waals surface area contributed by atoms with Crippen molar-refractivity contribution < 1.29 is 13.9 Å². The van der Waals surface area contributed by atoms with E-state index in [0.29, 0.717) is 19.6 Å². The van der Waals surface area contributed by atoms with Gasteiger partial charge in [0.15, 0.2) is 0 Å². The summed E-state index contributed by atoms with van der Waals surface area (Å²) in [4.78, 5) is 0. The molecule has 1 aromatic carbocycles. The molecule has 0 unspecified atom stereocenters. The molecule has 0 spiro atoms. The third kappa shape index (κ3) is 3.30. The molecule has 2 N–H and O–H groups in total. The summed E-state index contributed by atoms with van der Waals surface area (Å²) in [5.41, 5.74) is 3.05. The predicted octanol–water partition coefficient (Wildman–Crippen LogP) is 3.14. The van der Waals surface area contributed by atoms with Gasteiger partial charge in [-0.05, 0) is 49.7 Å². The molecule has 0 bridgehead atoms. The summed E-state index contributed by atoms with van der Waals surface area (Å²) < 4.78 is 20.7. The molecule has 2 aromatic heterocycles. The fraction of sp³-hybridized carbons (Fsp3) is 0.333. The number of rotatable bonds is 6. The molecule has 2 heterocycles. The van der Waals surface area contributed by atoms with Gasteiger partial charge < -0.3 is 19.4 Å². The van der Waals surface area contributed by atoms with E-state index < -0.39 is 6.10 Å². The van der Waals surface area contributed by atoms with Gasteiger partial charge in [-0.1, -0.05) is 0 Å². The van der Waals surface area contributed by atoms with E-state index in [4.69, 9.17) is 4.42 Å². The minimum atomic E-state index is -0.538. The summed E-state index contributed by atoms with van der Waals surface area (Å²) in [6.45, 7) is 5.48. The van der Waals surface area contributed by atoms with E-state index in [2.05, 4.69) is 5.32 Å². The van der Waals surface area contributed by atoms with Crippen molar-refractivity contribution in [3.8, 4) is 0 Å². The lowest BCUT2D eigenvalue weighted by molar-refractivity contribution is 0.151. The Kier molecular flexibility index (Phi) is 4.50. The Hall–Kier alpha value is -2.11. The van der Waals surface area contributed by atoms with E-state index in [1.807, 2.05) is 30.5 Å². The molecule has 0 radical (unpaired) electrons. The number of aliphatic hydroxyl groups excluding tert-OH is 1. The number of nitrogens with zero attached hydrogens (tertiary/aromatic N) is 1. The van der Waals surface area contributed by atoms with E-state index in [1.165, 1.54) is 6.07 Å². The van der Waals surface area contributed by atoms with Crippen LogP contribution in [0.1, 0.15) is 17.0 Å². The SMILES string of the molecule is Cc1c(C)n(C[C@@H](O)CNCc2ccco2)c2ccc(F)cc12. The Balaban J connectivity index is 1.69. The minimum absolute atomic E-state index is 0.238. The first-order valence-corrected chi connectivity index (χ1v) is 7.72. The van der Waals surface area contributed by atoms with Crippen molar-refractivity contribution in [2.24, 2.45) is 0 Å². The molecule has 122 valence electrons. The molecule has 23 heavy (non-hydrogen) atoms. The third-order valence-electron chi connectivity index (χ3n) is 4.25. The summed E-state index contributed by atoms with van der Waals surface area (Å²) in [5.74, 6) is 0.601. The number of nitrogens with one attached hydrogen (secondary N) is 1. The highest BCUT2D eigenvalue weighted by atomic mass is 19.1. The van der Waals surface area contributed by atoms with E-state index in [9.17, 15) is 9.50 Å². The molecule has 5 heteroatoms. The Morgan fingerprint density at radius 3 is 2.87 bits per heavy atom. The van der Waals surface area contributed by atoms with Crippen LogP contribution < -0.4 is 5.32 Å². The van der Waals surface area contributed by atoms with Crippen molar-refractivity contribution in [1.29, 1.82) is 0 Å². The molecule has 0 fully saturated rings. The quantitative estimate of drug-likeness (QED) is 0.734. The van der Waals surface area contributed by atoms with Gasteiger partial charge in [-0.15, -0.1) is 0 Å². The molecular formula is C18H21FN2O2. The number of hydrogen-bond donors (Lipinski definition) is 2. The van der Waals surface area contributed by atoms with Crippen LogP contribution in [0.4, 0.5) is 4.39 Å². The number of aliphatic hydroxyl groups is 1. The second kappa shape index (κ2) is 6.56. The summed E-state index contributed by atoms with van der Waals surface area (Å²) in [6, 6.07) is 8.51. The number of furan rings is 1. The van der Waals surface area contributed by atoms with Crippen LogP contribution in [0.25, 0.3) is 10.9 Å². The standard InChI is InChI=1S/C18H21FN2O2/c1-12-13(2)21(18-6-5-14(19)8-17(12)18)11-15(22)9-20-10-16-4-3-7-23-16/h3-8,15,20,22H,9-11H2,1-2H3/t15-/m0/s1. The second-order valence-corrected chi connectivity index (χ2v) is 5.85. The van der Waals surface area contributed by atoms with E-state index in [-0.39, 0.29) is 5.82 Å². The zero-order valence-corrected chi connectivity index (χ0v) is 13.3. The molecule has 0 amide bonds. The first-order chi connectivity index (χ1) is 11.1. The van der Waals surface area contributed by atoms with Crippen LogP contribution >= 0.6 is 0 Å². The summed E-state index contributed by atoms with van der Waals surface area (Å²) in [7, 11) is 0. The van der Waals surface area contributed by atoms with Gasteiger partial charge in [-0.2, -0.15) is 0 Å². The van der Waals surface area contributed by atoms with Crippen LogP contribution in [0.2, 0.25) is 0 Å². The number of hydrogen-bond acceptors (Lipinski definition) is 3. The summed E-state index contributed by atoms with van der Waals surface area (Å²) >= 11 is 0. The molecule has 1 atom stereocenters. The predicted molar refractivity (Wildman–Crippen MR) is 87.8 cm³/mol. The Morgan fingerprint density at radius 1 is 1.30 bits per heavy atom. The summed E-state index contributed by atoms with van der Waals surface area (Å²) in [6.07, 6.45) is 1.09. The lowest BCUT2D eigenvalue weighted by Gasteiger charge is -2.15. The Bertz CT molecular complexity index is 793. The lowest BCUT2D eigenvalue weighted by atomic mass is 10.1. The van der Waals surface area contributed by atoms with Crippen LogP contribution in [0.5, 0.6) is 0 Å². The molecular weight excluding hydrogens is 295 g/mol. The van der Waals surface area contributed by atoms with Gasteiger partial charge in [-0.3, -0.25) is 0 Å². The van der Waals surface area contributed by atoms with E-state index >= 15 is 0 Å². The molecule has 0 saturated heterocycles. The number of halogens is 1. The normalized spacial score (nSPS) is 12.9. The van der Waals surface area contributed by atoms with Crippen LogP contribution in [0.3, 0.4) is 0 Å². The van der Waals surface area contributed by atoms with Gasteiger partial charge in [0.2, 0.25) is 0 Å². The van der Waals surface area contributed by atoms with Crippen LogP contribution in [0, 0.1) is 19.7 Å². The average molecular weight is 316 g/mol. The second-order valence-electron chi connectivity index (χ2n) is 5.85. The van der Waals surface area contributed by atoms with Crippen molar-refractivity contribution in [3.63, 3.8) is 0 Å². The highest BCUT2D eigenvalue weighted by Crippen LogP contribution is 2.26. The number of benzene rings is 1. The van der Waals surface area contributed by atoms with Crippen molar-refractivity contribution in [2.45, 2.75) is 33.0 Å². The molecule has 0 aliphatic rings. The van der Waals surface area contributed by atoms with Gasteiger partial charge in [0.1, 0.15) is 11.6 Å². The topological polar surface area (TPSA) is 50.3 Å². The summed E-state index contributed by atoms with van der Waals surface area (Å²) in [5, 5.41) is 14.4. The zero-order valence-electron chi connectivity index (χ0n) is 13.3. The fourth-order valence-corrected chi connectivity index (χ4v) is 2.91. The molecule has 0 saturated carbocycles. The van der Waals surface area contributed by atoms with Crippen molar-refractivity contribution >= 4 is 10.9 Å². The minimum Gasteiger partial charge on any atom is -0.468 e. The van der Waals surface area contributed by atoms with Crippen molar-refractivity contribution in [1.82, 2.24) is 9.88 Å². The highest BCUT2D eigenvalue weighted by Gasteiger charge is 2.14. The first-order valence-electron chi connectivity index (χ1n) is 7.72. The largest absolute Gasteiger partial charge is 0.468 e. The number of fused-ring (bicyclic) bond motifs is 1. The Labute approximate surface area is 134 Å². The maximum absolute atomic E-state index is 13.4. The van der Waals surface area contributed by atoms with Gasteiger partial charge in [0, 0.05) is 23.1 Å². The zero-order chi connectivity index (χ0) is 16.4. The molecule has 0 aliphatic carbocycles. The maximum atomic E-state index is 13.4. The first kappa shape index (κ1) is 15.8. The van der Waals surface area contributed by atoms with Gasteiger partial charge >= 0.3 is 0 Å². The Morgan fingerprint density at radius 2 is 2.13 bits per heavy atom.